The van der Waals surface area contributed by atoms with Gasteiger partial charge in [0, 0.05) is 6.92 Å². The number of ether oxygens (including phenoxy) is 1. The largest absolute Gasteiger partial charge is 0.461 e. The molecule has 3 aliphatic carbocycles. The number of rotatable bonds is 2. The molecule has 0 amide bonds. The molecule has 2 heteroatoms. The summed E-state index contributed by atoms with van der Waals surface area (Å²) < 4.78 is 5.36. The van der Waals surface area contributed by atoms with Crippen LogP contribution in [0.3, 0.4) is 0 Å². The Morgan fingerprint density at radius 3 is 2.60 bits per heavy atom. The van der Waals surface area contributed by atoms with Gasteiger partial charge in [-0.05, 0) is 59.8 Å². The highest BCUT2D eigenvalue weighted by Crippen LogP contribution is 2.74. The number of carbonyl (C=O) groups excluding carboxylic acids is 1. The van der Waals surface area contributed by atoms with Gasteiger partial charge >= 0.3 is 5.97 Å². The van der Waals surface area contributed by atoms with Crippen LogP contribution in [0.4, 0.5) is 0 Å². The minimum Gasteiger partial charge on any atom is -0.461 e. The van der Waals surface area contributed by atoms with Crippen LogP contribution in [-0.4, -0.2) is 12.6 Å². The van der Waals surface area contributed by atoms with Crippen molar-refractivity contribution >= 4 is 5.97 Å². The molecule has 0 N–H and O–H groups in total. The molecule has 2 bridgehead atoms. The van der Waals surface area contributed by atoms with Crippen LogP contribution in [0.15, 0.2) is 11.1 Å². The molecule has 0 unspecified atom stereocenters. The summed E-state index contributed by atoms with van der Waals surface area (Å²) in [5.74, 6) is 0.667. The van der Waals surface area contributed by atoms with E-state index in [1.807, 2.05) is 0 Å². The molecule has 2 atom stereocenters. The van der Waals surface area contributed by atoms with Crippen molar-refractivity contribution in [2.45, 2.75) is 66.7 Å². The Morgan fingerprint density at radius 1 is 1.25 bits per heavy atom. The molecule has 2 nitrogen and oxygen atoms in total. The van der Waals surface area contributed by atoms with Crippen LogP contribution in [-0.2, 0) is 9.53 Å². The van der Waals surface area contributed by atoms with E-state index in [4.69, 9.17) is 4.74 Å². The summed E-state index contributed by atoms with van der Waals surface area (Å²) in [4.78, 5) is 11.2. The van der Waals surface area contributed by atoms with Crippen LogP contribution in [0.5, 0.6) is 0 Å². The zero-order valence-electron chi connectivity index (χ0n) is 13.6. The normalized spacial score (nSPS) is 37.0. The minimum atomic E-state index is -0.155. The number of fused-ring (bicyclic) bond motifs is 1. The van der Waals surface area contributed by atoms with E-state index >= 15 is 0 Å². The Bertz CT molecular complexity index is 484. The lowest BCUT2D eigenvalue weighted by Crippen LogP contribution is -2.43. The number of allylic oxidation sites excluding steroid dienone is 1. The molecular formula is C18H28O2. The molecule has 0 aromatic rings. The molecule has 2 saturated carbocycles. The average Bonchev–Trinajstić information content (AvgIpc) is 2.85. The molecule has 3 rings (SSSR count). The lowest BCUT2D eigenvalue weighted by atomic mass is 9.52. The number of hydrogen-bond acceptors (Lipinski definition) is 2. The van der Waals surface area contributed by atoms with Gasteiger partial charge in [-0.15, -0.1) is 0 Å². The average molecular weight is 276 g/mol. The fourth-order valence-corrected chi connectivity index (χ4v) is 5.62. The molecule has 1 spiro atoms. The Balaban J connectivity index is 2.07. The third kappa shape index (κ3) is 1.66. The Hall–Kier alpha value is -0.790. The highest BCUT2D eigenvalue weighted by molar-refractivity contribution is 5.66. The zero-order valence-corrected chi connectivity index (χ0v) is 13.6. The Kier molecular flexibility index (Phi) is 2.91. The van der Waals surface area contributed by atoms with Crippen LogP contribution in [0.1, 0.15) is 66.7 Å². The molecule has 0 aliphatic heterocycles. The SMILES string of the molecule is CC(=O)OCC1=C2C(C)(C)[C@H]3CC[C@@]2(C3)C(C)(C)CC1. The van der Waals surface area contributed by atoms with Crippen LogP contribution in [0.25, 0.3) is 0 Å². The molecule has 0 aromatic heterocycles. The summed E-state index contributed by atoms with van der Waals surface area (Å²) in [6, 6.07) is 0. The molecule has 112 valence electrons. The van der Waals surface area contributed by atoms with Crippen molar-refractivity contribution in [2.24, 2.45) is 22.2 Å². The van der Waals surface area contributed by atoms with E-state index in [-0.39, 0.29) is 5.97 Å². The van der Waals surface area contributed by atoms with Gasteiger partial charge in [0.2, 0.25) is 0 Å². The first kappa shape index (κ1) is 14.2. The van der Waals surface area contributed by atoms with E-state index in [2.05, 4.69) is 27.7 Å². The van der Waals surface area contributed by atoms with Crippen molar-refractivity contribution < 1.29 is 9.53 Å². The summed E-state index contributed by atoms with van der Waals surface area (Å²) in [6.07, 6.45) is 6.41. The Morgan fingerprint density at radius 2 is 1.95 bits per heavy atom. The number of carbonyl (C=O) groups is 1. The van der Waals surface area contributed by atoms with Gasteiger partial charge in [-0.3, -0.25) is 4.79 Å². The number of hydrogen-bond donors (Lipinski definition) is 0. The van der Waals surface area contributed by atoms with E-state index < -0.39 is 0 Å². The topological polar surface area (TPSA) is 26.3 Å². The van der Waals surface area contributed by atoms with Crippen LogP contribution < -0.4 is 0 Å². The van der Waals surface area contributed by atoms with E-state index in [9.17, 15) is 4.79 Å². The molecule has 3 aliphatic rings. The number of esters is 1. The van der Waals surface area contributed by atoms with E-state index in [0.29, 0.717) is 22.9 Å². The summed E-state index contributed by atoms with van der Waals surface area (Å²) in [7, 11) is 0. The smallest absolute Gasteiger partial charge is 0.302 e. The van der Waals surface area contributed by atoms with Gasteiger partial charge in [-0.2, -0.15) is 0 Å². The van der Waals surface area contributed by atoms with E-state index in [0.717, 1.165) is 12.3 Å². The maximum absolute atomic E-state index is 11.2. The molecular weight excluding hydrogens is 248 g/mol. The van der Waals surface area contributed by atoms with Gasteiger partial charge in [-0.1, -0.05) is 33.3 Å². The lowest BCUT2D eigenvalue weighted by molar-refractivity contribution is -0.140. The highest BCUT2D eigenvalue weighted by Gasteiger charge is 2.65. The van der Waals surface area contributed by atoms with Gasteiger partial charge in [0.1, 0.15) is 6.61 Å². The quantitative estimate of drug-likeness (QED) is 0.548. The monoisotopic (exact) mass is 276 g/mol. The fourth-order valence-electron chi connectivity index (χ4n) is 5.62. The molecule has 20 heavy (non-hydrogen) atoms. The van der Waals surface area contributed by atoms with Gasteiger partial charge in [0.15, 0.2) is 0 Å². The maximum Gasteiger partial charge on any atom is 0.302 e. The first-order chi connectivity index (χ1) is 9.21. The summed E-state index contributed by atoms with van der Waals surface area (Å²) in [5.41, 5.74) is 4.18. The van der Waals surface area contributed by atoms with Crippen molar-refractivity contribution in [1.29, 1.82) is 0 Å². The van der Waals surface area contributed by atoms with Crippen molar-refractivity contribution in [2.75, 3.05) is 6.61 Å². The van der Waals surface area contributed by atoms with E-state index in [1.54, 1.807) is 5.57 Å². The standard InChI is InChI=1S/C18H28O2/c1-12(19)20-11-13-6-8-16(2,3)18-9-7-14(10-18)17(4,5)15(13)18/h14H,6-11H2,1-5H3/t14-,18-/m0/s1. The zero-order chi connectivity index (χ0) is 14.8. The van der Waals surface area contributed by atoms with Crippen molar-refractivity contribution in [3.63, 3.8) is 0 Å². The molecule has 0 radical (unpaired) electrons. The lowest BCUT2D eigenvalue weighted by Gasteiger charge is -2.52. The van der Waals surface area contributed by atoms with Crippen molar-refractivity contribution in [3.05, 3.63) is 11.1 Å². The summed E-state index contributed by atoms with van der Waals surface area (Å²) in [5, 5.41) is 0. The van der Waals surface area contributed by atoms with Crippen LogP contribution >= 0.6 is 0 Å². The third-order valence-electron chi connectivity index (χ3n) is 6.81. The van der Waals surface area contributed by atoms with Crippen LogP contribution in [0.2, 0.25) is 0 Å². The highest BCUT2D eigenvalue weighted by atomic mass is 16.5. The van der Waals surface area contributed by atoms with E-state index in [1.165, 1.54) is 38.2 Å². The fraction of sp³-hybridized carbons (Fsp3) is 0.833. The second-order valence-electron chi connectivity index (χ2n) is 8.39. The summed E-state index contributed by atoms with van der Waals surface area (Å²) in [6.45, 7) is 11.8. The van der Waals surface area contributed by atoms with Crippen molar-refractivity contribution in [3.8, 4) is 0 Å². The van der Waals surface area contributed by atoms with Crippen LogP contribution in [0, 0.1) is 22.2 Å². The second-order valence-corrected chi connectivity index (χ2v) is 8.39. The van der Waals surface area contributed by atoms with Gasteiger partial charge in [0.25, 0.3) is 0 Å². The van der Waals surface area contributed by atoms with Crippen molar-refractivity contribution in [1.82, 2.24) is 0 Å². The van der Waals surface area contributed by atoms with Gasteiger partial charge in [0.05, 0.1) is 0 Å². The molecule has 0 heterocycles. The summed E-state index contributed by atoms with van der Waals surface area (Å²) >= 11 is 0. The predicted molar refractivity (Wildman–Crippen MR) is 80.2 cm³/mol. The second kappa shape index (κ2) is 4.11. The first-order valence-corrected chi connectivity index (χ1v) is 8.07. The minimum absolute atomic E-state index is 0.155. The molecule has 0 aromatic carbocycles. The maximum atomic E-state index is 11.2. The van der Waals surface area contributed by atoms with Gasteiger partial charge < -0.3 is 4.74 Å². The molecule has 2 fully saturated rings. The first-order valence-electron chi connectivity index (χ1n) is 8.07. The predicted octanol–water partition coefficient (Wildman–Crippen LogP) is 4.49. The third-order valence-corrected chi connectivity index (χ3v) is 6.81. The molecule has 0 saturated heterocycles. The van der Waals surface area contributed by atoms with Gasteiger partial charge in [-0.25, -0.2) is 0 Å². The Labute approximate surface area is 123 Å².